The molecule has 0 aliphatic heterocycles. The van der Waals surface area contributed by atoms with E-state index >= 15 is 0 Å². The molecule has 2 N–H and O–H groups in total. The maximum Gasteiger partial charge on any atom is 0.341 e. The van der Waals surface area contributed by atoms with Crippen LogP contribution >= 0.6 is 46.4 Å². The van der Waals surface area contributed by atoms with Crippen molar-refractivity contribution in [3.63, 3.8) is 0 Å². The van der Waals surface area contributed by atoms with Gasteiger partial charge in [-0.25, -0.2) is 9.59 Å². The Bertz CT molecular complexity index is 825. The van der Waals surface area contributed by atoms with Crippen LogP contribution in [0.5, 0.6) is 11.5 Å². The number of hydrogen-bond donors (Lipinski definition) is 2. The summed E-state index contributed by atoms with van der Waals surface area (Å²) in [6.07, 6.45) is 0. The van der Waals surface area contributed by atoms with E-state index < -0.39 is 18.5 Å². The van der Waals surface area contributed by atoms with Crippen LogP contribution in [0.15, 0.2) is 30.3 Å². The van der Waals surface area contributed by atoms with Crippen LogP contribution in [0, 0.1) is 6.92 Å². The second-order valence-corrected chi connectivity index (χ2v) is 6.63. The zero-order valence-electron chi connectivity index (χ0n) is 13.8. The first-order chi connectivity index (χ1) is 12.6. The van der Waals surface area contributed by atoms with Crippen LogP contribution in [-0.4, -0.2) is 35.4 Å². The van der Waals surface area contributed by atoms with Crippen molar-refractivity contribution in [2.75, 3.05) is 13.2 Å². The van der Waals surface area contributed by atoms with Gasteiger partial charge in [0, 0.05) is 11.1 Å². The summed E-state index contributed by atoms with van der Waals surface area (Å²) >= 11 is 22.8. The first-order valence-electron chi connectivity index (χ1n) is 7.20. The summed E-state index contributed by atoms with van der Waals surface area (Å²) in [4.78, 5) is 20.4. The molecule has 0 radical (unpaired) electrons. The molecule has 27 heavy (non-hydrogen) atoms. The van der Waals surface area contributed by atoms with Gasteiger partial charge in [-0.3, -0.25) is 0 Å². The van der Waals surface area contributed by atoms with E-state index in [0.29, 0.717) is 15.8 Å². The molecule has 10 heteroatoms. The average molecular weight is 456 g/mol. The van der Waals surface area contributed by atoms with Crippen molar-refractivity contribution in [2.45, 2.75) is 6.92 Å². The number of carbonyl (C=O) groups is 2. The highest BCUT2D eigenvalue weighted by Crippen LogP contribution is 2.33. The van der Waals surface area contributed by atoms with E-state index in [4.69, 9.17) is 66.1 Å². The molecule has 2 aromatic rings. The Hall–Kier alpha value is -1.86. The lowest BCUT2D eigenvalue weighted by Crippen LogP contribution is -2.09. The number of ether oxygens (including phenoxy) is 2. The predicted molar refractivity (Wildman–Crippen MR) is 104 cm³/mol. The minimum absolute atomic E-state index is 0.198. The Balaban J connectivity index is 0.000000271. The SMILES string of the molecule is Cc1cc(Cl)ccc1OCC(=O)O.O=C(O)COc1cc(Cl)c(Cl)cc1Cl. The zero-order valence-corrected chi connectivity index (χ0v) is 16.9. The lowest BCUT2D eigenvalue weighted by molar-refractivity contribution is -0.140. The van der Waals surface area contributed by atoms with Crippen LogP contribution in [0.25, 0.3) is 0 Å². The predicted octanol–water partition coefficient (Wildman–Crippen LogP) is 5.22. The first kappa shape index (κ1) is 23.2. The van der Waals surface area contributed by atoms with E-state index in [1.54, 1.807) is 18.2 Å². The molecular formula is C17H14Cl4O6. The monoisotopic (exact) mass is 454 g/mol. The molecule has 0 saturated heterocycles. The van der Waals surface area contributed by atoms with E-state index in [1.807, 2.05) is 6.92 Å². The number of hydrogen-bond acceptors (Lipinski definition) is 4. The Labute approximate surface area is 175 Å². The highest BCUT2D eigenvalue weighted by Gasteiger charge is 2.08. The van der Waals surface area contributed by atoms with Crippen molar-refractivity contribution in [1.82, 2.24) is 0 Å². The average Bonchev–Trinajstić information content (AvgIpc) is 2.56. The van der Waals surface area contributed by atoms with Gasteiger partial charge in [0.15, 0.2) is 13.2 Å². The molecule has 0 aliphatic carbocycles. The van der Waals surface area contributed by atoms with E-state index in [-0.39, 0.29) is 22.4 Å². The maximum atomic E-state index is 10.2. The van der Waals surface area contributed by atoms with E-state index in [2.05, 4.69) is 0 Å². The van der Waals surface area contributed by atoms with E-state index in [9.17, 15) is 9.59 Å². The molecule has 0 saturated carbocycles. The summed E-state index contributed by atoms with van der Waals surface area (Å²) in [6.45, 7) is 1.00. The van der Waals surface area contributed by atoms with Crippen molar-refractivity contribution < 1.29 is 29.3 Å². The smallest absolute Gasteiger partial charge is 0.341 e. The van der Waals surface area contributed by atoms with Gasteiger partial charge in [-0.15, -0.1) is 0 Å². The van der Waals surface area contributed by atoms with Gasteiger partial charge in [-0.1, -0.05) is 46.4 Å². The van der Waals surface area contributed by atoms with Crippen molar-refractivity contribution in [3.05, 3.63) is 56.0 Å². The van der Waals surface area contributed by atoms with Gasteiger partial charge in [-0.05, 0) is 36.8 Å². The summed E-state index contributed by atoms with van der Waals surface area (Å²) in [5.41, 5.74) is 0.828. The second kappa shape index (κ2) is 11.1. The minimum Gasteiger partial charge on any atom is -0.482 e. The molecule has 2 aromatic carbocycles. The van der Waals surface area contributed by atoms with Crippen molar-refractivity contribution in [1.29, 1.82) is 0 Å². The quantitative estimate of drug-likeness (QED) is 0.579. The van der Waals surface area contributed by atoms with Crippen molar-refractivity contribution >= 4 is 58.3 Å². The molecule has 0 aromatic heterocycles. The molecule has 0 spiro atoms. The molecular weight excluding hydrogens is 442 g/mol. The van der Waals surface area contributed by atoms with Gasteiger partial charge in [0.05, 0.1) is 15.1 Å². The molecule has 2 rings (SSSR count). The fraction of sp³-hybridized carbons (Fsp3) is 0.176. The molecule has 0 fully saturated rings. The molecule has 0 bridgehead atoms. The Morgan fingerprint density at radius 1 is 0.815 bits per heavy atom. The Kier molecular flexibility index (Phi) is 9.52. The molecule has 146 valence electrons. The van der Waals surface area contributed by atoms with Gasteiger partial charge >= 0.3 is 11.9 Å². The first-order valence-corrected chi connectivity index (χ1v) is 8.71. The van der Waals surface area contributed by atoms with E-state index in [0.717, 1.165) is 5.56 Å². The van der Waals surface area contributed by atoms with Crippen LogP contribution in [-0.2, 0) is 9.59 Å². The van der Waals surface area contributed by atoms with Gasteiger partial charge in [0.2, 0.25) is 0 Å². The van der Waals surface area contributed by atoms with Crippen LogP contribution in [0.2, 0.25) is 20.1 Å². The van der Waals surface area contributed by atoms with Crippen molar-refractivity contribution in [3.8, 4) is 11.5 Å². The maximum absolute atomic E-state index is 10.2. The number of carboxylic acids is 2. The summed E-state index contributed by atoms with van der Waals surface area (Å²) in [6, 6.07) is 7.79. The topological polar surface area (TPSA) is 93.1 Å². The number of rotatable bonds is 6. The van der Waals surface area contributed by atoms with Gasteiger partial charge in [-0.2, -0.15) is 0 Å². The summed E-state index contributed by atoms with van der Waals surface area (Å²) < 4.78 is 9.85. The summed E-state index contributed by atoms with van der Waals surface area (Å²) in [5, 5.41) is 18.1. The molecule has 0 heterocycles. The highest BCUT2D eigenvalue weighted by molar-refractivity contribution is 6.43. The number of carboxylic acid groups (broad SMARTS) is 2. The Morgan fingerprint density at radius 2 is 1.33 bits per heavy atom. The molecule has 0 aliphatic rings. The van der Waals surface area contributed by atoms with Crippen LogP contribution in [0.4, 0.5) is 0 Å². The van der Waals surface area contributed by atoms with Crippen LogP contribution in [0.3, 0.4) is 0 Å². The molecule has 0 unspecified atom stereocenters. The normalized spacial score (nSPS) is 9.81. The van der Waals surface area contributed by atoms with Gasteiger partial charge in [0.1, 0.15) is 11.5 Å². The van der Waals surface area contributed by atoms with Gasteiger partial charge < -0.3 is 19.7 Å². The third kappa shape index (κ3) is 8.58. The molecule has 0 amide bonds. The molecule has 6 nitrogen and oxygen atoms in total. The fourth-order valence-corrected chi connectivity index (χ4v) is 2.49. The second-order valence-electron chi connectivity index (χ2n) is 4.97. The van der Waals surface area contributed by atoms with Crippen LogP contribution < -0.4 is 9.47 Å². The number of aliphatic carboxylic acids is 2. The number of halogens is 4. The van der Waals surface area contributed by atoms with E-state index in [1.165, 1.54) is 12.1 Å². The standard InChI is InChI=1S/C9H9ClO3.C8H5Cl3O3/c1-6-4-7(10)2-3-8(6)13-5-9(11)12;9-4-1-6(11)7(2-5(4)10)14-3-8(12)13/h2-4H,5H2,1H3,(H,11,12);1-2H,3H2,(H,12,13). The number of benzene rings is 2. The third-order valence-electron chi connectivity index (χ3n) is 2.81. The summed E-state index contributed by atoms with van der Waals surface area (Å²) in [5.74, 6) is -1.34. The lowest BCUT2D eigenvalue weighted by atomic mass is 10.2. The van der Waals surface area contributed by atoms with Crippen LogP contribution in [0.1, 0.15) is 5.56 Å². The fourth-order valence-electron chi connectivity index (χ4n) is 1.67. The summed E-state index contributed by atoms with van der Waals surface area (Å²) in [7, 11) is 0. The zero-order chi connectivity index (χ0) is 20.6. The minimum atomic E-state index is -1.09. The van der Waals surface area contributed by atoms with Gasteiger partial charge in [0.25, 0.3) is 0 Å². The number of aryl methyl sites for hydroxylation is 1. The third-order valence-corrected chi connectivity index (χ3v) is 4.07. The largest absolute Gasteiger partial charge is 0.482 e. The molecule has 0 atom stereocenters. The highest BCUT2D eigenvalue weighted by atomic mass is 35.5. The lowest BCUT2D eigenvalue weighted by Gasteiger charge is -2.06. The Morgan fingerprint density at radius 3 is 1.85 bits per heavy atom. The van der Waals surface area contributed by atoms with Crippen molar-refractivity contribution in [2.24, 2.45) is 0 Å².